The van der Waals surface area contributed by atoms with Gasteiger partial charge in [0.05, 0.1) is 10.5 Å². The second kappa shape index (κ2) is 6.72. The molecule has 8 heteroatoms. The molecule has 0 spiro atoms. The van der Waals surface area contributed by atoms with Crippen LogP contribution in [0.4, 0.5) is 4.39 Å². The number of nitrogens with one attached hydrogen (secondary N) is 1. The number of ether oxygens (including phenoxy) is 1. The Morgan fingerprint density at radius 2 is 2.00 bits per heavy atom. The van der Waals surface area contributed by atoms with Crippen molar-refractivity contribution in [3.05, 3.63) is 29.6 Å². The van der Waals surface area contributed by atoms with Crippen LogP contribution in [0.3, 0.4) is 0 Å². The van der Waals surface area contributed by atoms with E-state index in [4.69, 9.17) is 15.4 Å². The first kappa shape index (κ1) is 17.9. The Hall–Kier alpha value is -1.18. The summed E-state index contributed by atoms with van der Waals surface area (Å²) in [7, 11) is 1.05. The van der Waals surface area contributed by atoms with Gasteiger partial charge < -0.3 is 10.1 Å². The topological polar surface area (TPSA) is 72.5 Å². The highest BCUT2D eigenvalue weighted by Crippen LogP contribution is 2.18. The van der Waals surface area contributed by atoms with Crippen molar-refractivity contribution >= 4 is 25.6 Å². The molecule has 1 N–H and O–H groups in total. The van der Waals surface area contributed by atoms with Gasteiger partial charge in [-0.3, -0.25) is 4.79 Å². The van der Waals surface area contributed by atoms with Crippen LogP contribution in [-0.2, 0) is 13.8 Å². The highest BCUT2D eigenvalue weighted by Gasteiger charge is 2.20. The summed E-state index contributed by atoms with van der Waals surface area (Å²) in [5.41, 5.74) is -0.708. The smallest absolute Gasteiger partial charge is 0.261 e. The molecule has 0 atom stereocenters. The molecule has 0 aromatic heterocycles. The number of carbonyl (C=O) groups excluding carboxylic acids is 1. The fourth-order valence-corrected chi connectivity index (χ4v) is 2.46. The predicted molar refractivity (Wildman–Crippen MR) is 77.5 cm³/mol. The molecular formula is C13H17ClFNO4S. The third-order valence-corrected chi connectivity index (χ3v) is 3.96. The van der Waals surface area contributed by atoms with Gasteiger partial charge >= 0.3 is 0 Å². The normalized spacial score (nSPS) is 12.2. The molecule has 0 saturated heterocycles. The zero-order valence-electron chi connectivity index (χ0n) is 11.9. The molecule has 0 radical (unpaired) electrons. The fraction of sp³-hybridized carbons (Fsp3) is 0.462. The minimum Gasteiger partial charge on any atom is -0.374 e. The van der Waals surface area contributed by atoms with Crippen molar-refractivity contribution < 1.29 is 22.3 Å². The molecule has 1 rings (SSSR count). The maximum atomic E-state index is 13.4. The lowest BCUT2D eigenvalue weighted by Gasteiger charge is -2.24. The van der Waals surface area contributed by atoms with Gasteiger partial charge in [-0.15, -0.1) is 0 Å². The quantitative estimate of drug-likeness (QED) is 0.808. The number of hydrogen-bond donors (Lipinski definition) is 1. The van der Waals surface area contributed by atoms with Crippen LogP contribution in [0, 0.1) is 5.82 Å². The lowest BCUT2D eigenvalue weighted by Crippen LogP contribution is -2.40. The molecule has 0 heterocycles. The molecule has 1 aromatic rings. The van der Waals surface area contributed by atoms with E-state index in [1.54, 1.807) is 13.8 Å². The first-order chi connectivity index (χ1) is 9.55. The van der Waals surface area contributed by atoms with E-state index in [-0.39, 0.29) is 12.1 Å². The molecule has 0 fully saturated rings. The first-order valence-corrected chi connectivity index (χ1v) is 8.53. The Morgan fingerprint density at radius 3 is 2.52 bits per heavy atom. The van der Waals surface area contributed by atoms with Crippen LogP contribution >= 0.6 is 10.7 Å². The van der Waals surface area contributed by atoms with Crippen molar-refractivity contribution in [1.82, 2.24) is 5.32 Å². The highest BCUT2D eigenvalue weighted by atomic mass is 35.7. The Bertz CT molecular complexity index is 631. The van der Waals surface area contributed by atoms with E-state index in [1.807, 2.05) is 6.92 Å². The lowest BCUT2D eigenvalue weighted by atomic mass is 10.1. The third kappa shape index (κ3) is 5.61. The standard InChI is InChI=1S/C13H17ClFNO4S/c1-4-20-13(2,3)8-16-12(17)9-5-10(15)7-11(6-9)21(14,18)19/h5-7H,4,8H2,1-3H3,(H,16,17). The highest BCUT2D eigenvalue weighted by molar-refractivity contribution is 8.13. The van der Waals surface area contributed by atoms with Crippen LogP contribution in [0.25, 0.3) is 0 Å². The summed E-state index contributed by atoms with van der Waals surface area (Å²) in [6.45, 7) is 6.08. The summed E-state index contributed by atoms with van der Waals surface area (Å²) < 4.78 is 41.2. The van der Waals surface area contributed by atoms with Crippen LogP contribution < -0.4 is 5.32 Å². The lowest BCUT2D eigenvalue weighted by molar-refractivity contribution is -0.00815. The Balaban J connectivity index is 2.91. The molecule has 118 valence electrons. The monoisotopic (exact) mass is 337 g/mol. The number of halogens is 2. The van der Waals surface area contributed by atoms with Crippen LogP contribution in [0.15, 0.2) is 23.1 Å². The van der Waals surface area contributed by atoms with Crippen molar-refractivity contribution in [3.8, 4) is 0 Å². The van der Waals surface area contributed by atoms with E-state index in [0.29, 0.717) is 6.61 Å². The molecular weight excluding hydrogens is 321 g/mol. The Morgan fingerprint density at radius 1 is 1.38 bits per heavy atom. The summed E-state index contributed by atoms with van der Waals surface area (Å²) in [6, 6.07) is 2.71. The maximum absolute atomic E-state index is 13.4. The van der Waals surface area contributed by atoms with E-state index in [9.17, 15) is 17.6 Å². The minimum absolute atomic E-state index is 0.124. The Kier molecular flexibility index (Phi) is 5.72. The van der Waals surface area contributed by atoms with Gasteiger partial charge in [0.2, 0.25) is 0 Å². The van der Waals surface area contributed by atoms with Crippen molar-refractivity contribution in [3.63, 3.8) is 0 Å². The SMILES string of the molecule is CCOC(C)(C)CNC(=O)c1cc(F)cc(S(=O)(=O)Cl)c1. The summed E-state index contributed by atoms with van der Waals surface area (Å²) in [6.07, 6.45) is 0. The molecule has 0 aliphatic heterocycles. The van der Waals surface area contributed by atoms with Crippen LogP contribution in [0.2, 0.25) is 0 Å². The van der Waals surface area contributed by atoms with Crippen molar-refractivity contribution in [1.29, 1.82) is 0 Å². The number of amides is 1. The molecule has 1 amide bonds. The van der Waals surface area contributed by atoms with Gasteiger partial charge in [-0.1, -0.05) is 0 Å². The average molecular weight is 338 g/mol. The molecule has 0 bridgehead atoms. The van der Waals surface area contributed by atoms with Gasteiger partial charge in [0, 0.05) is 29.4 Å². The third-order valence-electron chi connectivity index (χ3n) is 2.62. The van der Waals surface area contributed by atoms with E-state index >= 15 is 0 Å². The first-order valence-electron chi connectivity index (χ1n) is 6.22. The molecule has 1 aromatic carbocycles. The van der Waals surface area contributed by atoms with Gasteiger partial charge in [-0.2, -0.15) is 0 Å². The molecule has 0 unspecified atom stereocenters. The van der Waals surface area contributed by atoms with Crippen molar-refractivity contribution in [2.75, 3.05) is 13.2 Å². The van der Waals surface area contributed by atoms with E-state index < -0.39 is 31.3 Å². The Labute approximate surface area is 127 Å². The zero-order chi connectivity index (χ0) is 16.3. The van der Waals surface area contributed by atoms with Gasteiger partial charge in [0.1, 0.15) is 5.82 Å². The number of hydrogen-bond acceptors (Lipinski definition) is 4. The van der Waals surface area contributed by atoms with Gasteiger partial charge in [0.15, 0.2) is 0 Å². The number of benzene rings is 1. The second-order valence-electron chi connectivity index (χ2n) is 4.99. The predicted octanol–water partition coefficient (Wildman–Crippen LogP) is 2.30. The van der Waals surface area contributed by atoms with Gasteiger partial charge in [-0.05, 0) is 39.0 Å². The average Bonchev–Trinajstić information content (AvgIpc) is 2.34. The van der Waals surface area contributed by atoms with E-state index in [0.717, 1.165) is 18.2 Å². The summed E-state index contributed by atoms with van der Waals surface area (Å²) in [5, 5.41) is 2.56. The largest absolute Gasteiger partial charge is 0.374 e. The van der Waals surface area contributed by atoms with E-state index in [2.05, 4.69) is 5.32 Å². The zero-order valence-corrected chi connectivity index (χ0v) is 13.5. The van der Waals surface area contributed by atoms with Crippen LogP contribution in [-0.4, -0.2) is 33.1 Å². The van der Waals surface area contributed by atoms with Crippen molar-refractivity contribution in [2.45, 2.75) is 31.3 Å². The van der Waals surface area contributed by atoms with Crippen LogP contribution in [0.1, 0.15) is 31.1 Å². The minimum atomic E-state index is -4.11. The maximum Gasteiger partial charge on any atom is 0.261 e. The summed E-state index contributed by atoms with van der Waals surface area (Å²) in [5.74, 6) is -1.46. The van der Waals surface area contributed by atoms with Gasteiger partial charge in [0.25, 0.3) is 15.0 Å². The molecule has 0 saturated carbocycles. The number of carbonyl (C=O) groups is 1. The summed E-state index contributed by atoms with van der Waals surface area (Å²) in [4.78, 5) is 11.5. The van der Waals surface area contributed by atoms with Gasteiger partial charge in [-0.25, -0.2) is 12.8 Å². The molecule has 0 aliphatic carbocycles. The molecule has 21 heavy (non-hydrogen) atoms. The van der Waals surface area contributed by atoms with Crippen molar-refractivity contribution in [2.24, 2.45) is 0 Å². The summed E-state index contributed by atoms with van der Waals surface area (Å²) >= 11 is 0. The molecule has 5 nitrogen and oxygen atoms in total. The van der Waals surface area contributed by atoms with Crippen LogP contribution in [0.5, 0.6) is 0 Å². The number of rotatable bonds is 6. The molecule has 0 aliphatic rings. The fourth-order valence-electron chi connectivity index (χ4n) is 1.67. The van der Waals surface area contributed by atoms with E-state index in [1.165, 1.54) is 0 Å². The second-order valence-corrected chi connectivity index (χ2v) is 7.55.